The highest BCUT2D eigenvalue weighted by Crippen LogP contribution is 2.46. The Morgan fingerprint density at radius 3 is 2.71 bits per heavy atom. The van der Waals surface area contributed by atoms with E-state index in [9.17, 15) is 9.90 Å². The number of carboxylic acids is 1. The van der Waals surface area contributed by atoms with Crippen LogP contribution in [-0.2, 0) is 39.4 Å². The molecule has 0 radical (unpaired) electrons. The fourth-order valence-electron chi connectivity index (χ4n) is 7.79. The van der Waals surface area contributed by atoms with Gasteiger partial charge in [-0.1, -0.05) is 41.9 Å². The van der Waals surface area contributed by atoms with Gasteiger partial charge >= 0.3 is 5.97 Å². The van der Waals surface area contributed by atoms with Crippen LogP contribution in [0.25, 0.3) is 32.8 Å². The van der Waals surface area contributed by atoms with Crippen molar-refractivity contribution in [2.75, 3.05) is 13.7 Å². The molecule has 2 aliphatic rings. The van der Waals surface area contributed by atoms with Crippen LogP contribution in [0, 0.1) is 6.92 Å². The molecule has 5 heterocycles. The number of benzene rings is 3. The zero-order valence-corrected chi connectivity index (χ0v) is 29.0. The molecule has 0 saturated carbocycles. The number of aromatic carboxylic acids is 1. The molecule has 3 aromatic heterocycles. The number of thioether (sulfide) groups is 1. The van der Waals surface area contributed by atoms with Crippen LogP contribution in [0.2, 0.25) is 5.02 Å². The average Bonchev–Trinajstić information content (AvgIpc) is 3.79. The lowest BCUT2D eigenvalue weighted by atomic mass is 9.95. The number of aryl methyl sites for hydroxylation is 5. The molecule has 1 N–H and O–H groups in total. The fourth-order valence-corrected chi connectivity index (χ4v) is 8.89. The van der Waals surface area contributed by atoms with Gasteiger partial charge in [-0.05, 0) is 68.4 Å². The van der Waals surface area contributed by atoms with Crippen molar-refractivity contribution >= 4 is 51.0 Å². The molecule has 0 aliphatic carbocycles. The van der Waals surface area contributed by atoms with E-state index in [1.54, 1.807) is 11.8 Å². The monoisotopic (exact) mass is 680 g/mol. The Balaban J connectivity index is 1.29. The van der Waals surface area contributed by atoms with E-state index < -0.39 is 5.97 Å². The van der Waals surface area contributed by atoms with Gasteiger partial charge < -0.3 is 14.4 Å². The number of hydrogen-bond donors (Lipinski definition) is 1. The average molecular weight is 681 g/mol. The molecule has 0 amide bonds. The standard InChI is InChI=1S/C37H37ClN6O3S/c1-21-32-33-29(38)12-11-28-27(35(37(45)46)42(3)34(28)33)10-7-15-47-31-18-25(16-22-8-5-6-9-26(22)31)48-20-23-17-24(43(4)40-23)19-41(2)30-13-14-44(39-21)36(30)32/h5-6,8-9,11-12,16-18,30H,7,10,13-15,19-20H2,1-4H3,(H,45,46)/t30-/m1/s1. The lowest BCUT2D eigenvalue weighted by molar-refractivity contribution is 0.0685. The maximum Gasteiger partial charge on any atom is 0.352 e. The van der Waals surface area contributed by atoms with Crippen molar-refractivity contribution in [2.24, 2.45) is 14.1 Å². The van der Waals surface area contributed by atoms with Gasteiger partial charge in [0.05, 0.1) is 46.0 Å². The first kappa shape index (κ1) is 31.0. The van der Waals surface area contributed by atoms with Crippen LogP contribution in [0.1, 0.15) is 57.7 Å². The van der Waals surface area contributed by atoms with Crippen LogP contribution in [-0.4, -0.2) is 53.8 Å². The number of rotatable bonds is 1. The van der Waals surface area contributed by atoms with Crippen LogP contribution in [0.3, 0.4) is 0 Å². The van der Waals surface area contributed by atoms with E-state index in [1.807, 2.05) is 54.5 Å². The predicted molar refractivity (Wildman–Crippen MR) is 190 cm³/mol. The van der Waals surface area contributed by atoms with Gasteiger partial charge in [0.1, 0.15) is 11.4 Å². The van der Waals surface area contributed by atoms with Gasteiger partial charge in [-0.15, -0.1) is 11.8 Å². The van der Waals surface area contributed by atoms with Crippen molar-refractivity contribution < 1.29 is 14.6 Å². The van der Waals surface area contributed by atoms with E-state index in [2.05, 4.69) is 47.0 Å². The Bertz CT molecular complexity index is 2250. The molecule has 8 rings (SSSR count). The Kier molecular flexibility index (Phi) is 7.77. The SMILES string of the molecule is Cc1nn2c3c1-c1c(Cl)ccc4c(c(C(=O)O)n(C)c14)CCCOc1cc(cc4ccccc14)SCc1cc(n(C)n1)CN(C)[C@@H]3CC2. The summed E-state index contributed by atoms with van der Waals surface area (Å²) in [5.74, 6) is 0.614. The summed E-state index contributed by atoms with van der Waals surface area (Å²) in [6.07, 6.45) is 2.11. The summed E-state index contributed by atoms with van der Waals surface area (Å²) in [7, 11) is 6.01. The van der Waals surface area contributed by atoms with E-state index in [0.29, 0.717) is 31.0 Å². The highest BCUT2D eigenvalue weighted by molar-refractivity contribution is 7.98. The number of carbonyl (C=O) groups is 1. The first-order valence-electron chi connectivity index (χ1n) is 16.3. The highest BCUT2D eigenvalue weighted by Gasteiger charge is 2.35. The van der Waals surface area contributed by atoms with Crippen LogP contribution in [0.15, 0.2) is 59.5 Å². The molecular weight excluding hydrogens is 644 g/mol. The third kappa shape index (κ3) is 5.09. The van der Waals surface area contributed by atoms with Gasteiger partial charge in [-0.3, -0.25) is 14.3 Å². The molecule has 6 aromatic rings. The Morgan fingerprint density at radius 1 is 1.04 bits per heavy atom. The van der Waals surface area contributed by atoms with E-state index in [1.165, 1.54) is 0 Å². The summed E-state index contributed by atoms with van der Waals surface area (Å²) < 4.78 is 12.4. The molecule has 1 atom stereocenters. The zero-order chi connectivity index (χ0) is 33.3. The van der Waals surface area contributed by atoms with Gasteiger partial charge in [0, 0.05) is 59.7 Å². The number of hydrogen-bond acceptors (Lipinski definition) is 6. The summed E-state index contributed by atoms with van der Waals surface area (Å²) in [5, 5.41) is 24.0. The summed E-state index contributed by atoms with van der Waals surface area (Å²) in [6.45, 7) is 3.99. The minimum atomic E-state index is -0.956. The molecule has 246 valence electrons. The van der Waals surface area contributed by atoms with E-state index in [-0.39, 0.29) is 11.7 Å². The smallest absolute Gasteiger partial charge is 0.352 e. The summed E-state index contributed by atoms with van der Waals surface area (Å²) in [5.41, 5.74) is 7.90. The number of ether oxygens (including phenoxy) is 1. The van der Waals surface area contributed by atoms with Gasteiger partial charge in [0.25, 0.3) is 0 Å². The summed E-state index contributed by atoms with van der Waals surface area (Å²) >= 11 is 8.83. The van der Waals surface area contributed by atoms with Gasteiger partial charge in [0.15, 0.2) is 0 Å². The Morgan fingerprint density at radius 2 is 1.88 bits per heavy atom. The van der Waals surface area contributed by atoms with E-state index in [4.69, 9.17) is 26.5 Å². The second-order valence-corrected chi connectivity index (χ2v) is 14.4. The maximum absolute atomic E-state index is 12.8. The number of halogens is 1. The molecule has 3 aromatic carbocycles. The topological polar surface area (TPSA) is 90.3 Å². The molecule has 0 unspecified atom stereocenters. The van der Waals surface area contributed by atoms with E-state index in [0.717, 1.165) is 90.5 Å². The molecule has 0 fully saturated rings. The Hall–Kier alpha value is -4.25. The molecular formula is C37H37ClN6O3S. The number of carboxylic acid groups (broad SMARTS) is 1. The first-order valence-corrected chi connectivity index (χ1v) is 17.7. The molecule has 48 heavy (non-hydrogen) atoms. The van der Waals surface area contributed by atoms with Crippen LogP contribution in [0.5, 0.6) is 5.75 Å². The van der Waals surface area contributed by atoms with Gasteiger partial charge in [-0.2, -0.15) is 10.2 Å². The van der Waals surface area contributed by atoms with Crippen molar-refractivity contribution in [1.29, 1.82) is 0 Å². The van der Waals surface area contributed by atoms with Gasteiger partial charge in [-0.25, -0.2) is 4.79 Å². The normalized spacial score (nSPS) is 17.1. The number of nitrogens with zero attached hydrogens (tertiary/aromatic N) is 6. The molecule has 2 aliphatic heterocycles. The van der Waals surface area contributed by atoms with Crippen LogP contribution < -0.4 is 4.74 Å². The molecule has 9 nitrogen and oxygen atoms in total. The quantitative estimate of drug-likeness (QED) is 0.190. The molecule has 11 heteroatoms. The summed E-state index contributed by atoms with van der Waals surface area (Å²) in [6, 6.07) is 18.8. The number of aromatic nitrogens is 5. The van der Waals surface area contributed by atoms with Crippen molar-refractivity contribution in [1.82, 2.24) is 29.0 Å². The maximum atomic E-state index is 12.8. The van der Waals surface area contributed by atoms with Gasteiger partial charge in [0.2, 0.25) is 0 Å². The number of fused-ring (bicyclic) bond motifs is 7. The van der Waals surface area contributed by atoms with Crippen molar-refractivity contribution in [3.05, 3.63) is 93.7 Å². The third-order valence-corrected chi connectivity index (χ3v) is 11.3. The van der Waals surface area contributed by atoms with E-state index >= 15 is 0 Å². The Labute approximate surface area is 288 Å². The summed E-state index contributed by atoms with van der Waals surface area (Å²) in [4.78, 5) is 16.3. The minimum absolute atomic E-state index is 0.0983. The van der Waals surface area contributed by atoms with Crippen molar-refractivity contribution in [3.63, 3.8) is 0 Å². The largest absolute Gasteiger partial charge is 0.493 e. The first-order chi connectivity index (χ1) is 23.2. The second kappa shape index (κ2) is 12.0. The molecule has 0 spiro atoms. The zero-order valence-electron chi connectivity index (χ0n) is 27.5. The van der Waals surface area contributed by atoms with Crippen LogP contribution >= 0.6 is 23.4 Å². The predicted octanol–water partition coefficient (Wildman–Crippen LogP) is 7.78. The van der Waals surface area contributed by atoms with Crippen molar-refractivity contribution in [2.45, 2.75) is 56.0 Å². The molecule has 0 saturated heterocycles. The lowest BCUT2D eigenvalue weighted by Crippen LogP contribution is -2.24. The van der Waals surface area contributed by atoms with Crippen LogP contribution in [0.4, 0.5) is 0 Å². The fraction of sp³-hybridized carbons (Fsp3) is 0.324. The van der Waals surface area contributed by atoms with Crippen molar-refractivity contribution in [3.8, 4) is 16.9 Å². The second-order valence-electron chi connectivity index (χ2n) is 12.9. The minimum Gasteiger partial charge on any atom is -0.493 e. The third-order valence-electron chi connectivity index (χ3n) is 9.94. The molecule has 8 bridgehead atoms. The lowest BCUT2D eigenvalue weighted by Gasteiger charge is -2.25. The highest BCUT2D eigenvalue weighted by atomic mass is 35.5.